The number of urea groups is 1. The summed E-state index contributed by atoms with van der Waals surface area (Å²) in [7, 11) is 0. The molecule has 120 valence electrons. The van der Waals surface area contributed by atoms with Crippen LogP contribution in [-0.4, -0.2) is 30.3 Å². The van der Waals surface area contributed by atoms with E-state index in [9.17, 15) is 9.59 Å². The minimum absolute atomic E-state index is 0.173. The Labute approximate surface area is 135 Å². The van der Waals surface area contributed by atoms with Crippen molar-refractivity contribution in [1.82, 2.24) is 10.3 Å². The molecule has 2 aromatic rings. The van der Waals surface area contributed by atoms with Gasteiger partial charge in [0.05, 0.1) is 0 Å². The van der Waals surface area contributed by atoms with Crippen LogP contribution in [-0.2, 0) is 0 Å². The van der Waals surface area contributed by atoms with Crippen LogP contribution >= 0.6 is 11.3 Å². The van der Waals surface area contributed by atoms with E-state index < -0.39 is 6.03 Å². The lowest BCUT2D eigenvalue weighted by Gasteiger charge is -2.06. The second kappa shape index (κ2) is 6.53. The Kier molecular flexibility index (Phi) is 4.29. The monoisotopic (exact) mass is 334 g/mol. The summed E-state index contributed by atoms with van der Waals surface area (Å²) < 4.78 is 10.4. The highest BCUT2D eigenvalue weighted by Crippen LogP contribution is 2.34. The van der Waals surface area contributed by atoms with E-state index in [-0.39, 0.29) is 18.4 Å². The van der Waals surface area contributed by atoms with Crippen LogP contribution < -0.4 is 25.4 Å². The summed E-state index contributed by atoms with van der Waals surface area (Å²) in [6.07, 6.45) is 0. The van der Waals surface area contributed by atoms with Crippen molar-refractivity contribution in [2.24, 2.45) is 0 Å². The fraction of sp³-hybridized carbons (Fsp3) is 0.214. The molecule has 2 heterocycles. The van der Waals surface area contributed by atoms with Gasteiger partial charge in [-0.15, -0.1) is 11.3 Å². The molecular formula is C14H14N4O4S. The van der Waals surface area contributed by atoms with Crippen LogP contribution in [0.2, 0.25) is 0 Å². The summed E-state index contributed by atoms with van der Waals surface area (Å²) in [5.41, 5.74) is 0.836. The number of benzene rings is 1. The number of fused-ring (bicyclic) bond motifs is 1. The molecule has 0 unspecified atom stereocenters. The molecule has 0 saturated carbocycles. The molecule has 0 radical (unpaired) electrons. The lowest BCUT2D eigenvalue weighted by molar-refractivity contribution is 0.0951. The third kappa shape index (κ3) is 3.51. The van der Waals surface area contributed by atoms with Gasteiger partial charge in [0, 0.05) is 23.7 Å². The summed E-state index contributed by atoms with van der Waals surface area (Å²) in [5.74, 6) is 0.950. The predicted octanol–water partition coefficient (Wildman–Crippen LogP) is 2.27. The average molecular weight is 334 g/mol. The maximum atomic E-state index is 12.0. The molecule has 0 fully saturated rings. The van der Waals surface area contributed by atoms with Gasteiger partial charge in [0.15, 0.2) is 16.6 Å². The third-order valence-corrected chi connectivity index (χ3v) is 3.68. The van der Waals surface area contributed by atoms with Gasteiger partial charge in [0.1, 0.15) is 5.69 Å². The number of amides is 3. The number of rotatable bonds is 4. The van der Waals surface area contributed by atoms with Gasteiger partial charge >= 0.3 is 6.03 Å². The van der Waals surface area contributed by atoms with Crippen LogP contribution in [0, 0.1) is 0 Å². The highest BCUT2D eigenvalue weighted by molar-refractivity contribution is 7.14. The predicted molar refractivity (Wildman–Crippen MR) is 85.3 cm³/mol. The second-order valence-electron chi connectivity index (χ2n) is 4.54. The summed E-state index contributed by atoms with van der Waals surface area (Å²) in [4.78, 5) is 27.6. The van der Waals surface area contributed by atoms with E-state index in [2.05, 4.69) is 20.9 Å². The first kappa shape index (κ1) is 15.1. The van der Waals surface area contributed by atoms with Gasteiger partial charge in [-0.1, -0.05) is 0 Å². The number of anilines is 2. The first-order valence-electron chi connectivity index (χ1n) is 6.87. The highest BCUT2D eigenvalue weighted by Gasteiger charge is 2.15. The van der Waals surface area contributed by atoms with E-state index in [0.717, 1.165) is 0 Å². The lowest BCUT2D eigenvalue weighted by atomic mass is 10.3. The second-order valence-corrected chi connectivity index (χ2v) is 5.40. The topological polar surface area (TPSA) is 102 Å². The van der Waals surface area contributed by atoms with Crippen molar-refractivity contribution in [3.8, 4) is 11.5 Å². The molecule has 0 spiro atoms. The van der Waals surface area contributed by atoms with Crippen LogP contribution in [0.25, 0.3) is 0 Å². The highest BCUT2D eigenvalue weighted by atomic mass is 32.1. The van der Waals surface area contributed by atoms with E-state index in [4.69, 9.17) is 9.47 Å². The molecule has 0 saturated heterocycles. The summed E-state index contributed by atoms with van der Waals surface area (Å²) in [6, 6.07) is 4.63. The van der Waals surface area contributed by atoms with Crippen LogP contribution in [0.1, 0.15) is 17.4 Å². The number of nitrogens with one attached hydrogen (secondary N) is 3. The molecule has 23 heavy (non-hydrogen) atoms. The SMILES string of the molecule is CCNC(=O)c1csc(NC(=O)Nc2ccc3c(c2)OCO3)n1. The quantitative estimate of drug-likeness (QED) is 0.796. The minimum Gasteiger partial charge on any atom is -0.454 e. The summed E-state index contributed by atoms with van der Waals surface area (Å²) in [6.45, 7) is 2.51. The number of hydrogen-bond donors (Lipinski definition) is 3. The molecule has 8 nitrogen and oxygen atoms in total. The zero-order chi connectivity index (χ0) is 16.2. The fourth-order valence-electron chi connectivity index (χ4n) is 1.92. The Bertz CT molecular complexity index is 746. The van der Waals surface area contributed by atoms with E-state index in [0.29, 0.717) is 28.9 Å². The fourth-order valence-corrected chi connectivity index (χ4v) is 2.61. The van der Waals surface area contributed by atoms with Crippen molar-refractivity contribution in [2.75, 3.05) is 24.0 Å². The maximum Gasteiger partial charge on any atom is 0.325 e. The largest absolute Gasteiger partial charge is 0.454 e. The Balaban J connectivity index is 1.60. The van der Waals surface area contributed by atoms with Gasteiger partial charge in [0.25, 0.3) is 5.91 Å². The van der Waals surface area contributed by atoms with Crippen molar-refractivity contribution in [3.63, 3.8) is 0 Å². The van der Waals surface area contributed by atoms with Gasteiger partial charge in [0.2, 0.25) is 6.79 Å². The molecule has 3 N–H and O–H groups in total. The van der Waals surface area contributed by atoms with Gasteiger partial charge in [-0.05, 0) is 19.1 Å². The van der Waals surface area contributed by atoms with E-state index in [1.807, 2.05) is 6.92 Å². The molecule has 1 aromatic heterocycles. The smallest absolute Gasteiger partial charge is 0.325 e. The lowest BCUT2D eigenvalue weighted by Crippen LogP contribution is -2.23. The van der Waals surface area contributed by atoms with E-state index in [1.165, 1.54) is 11.3 Å². The van der Waals surface area contributed by atoms with Gasteiger partial charge in [-0.2, -0.15) is 0 Å². The molecule has 1 aliphatic heterocycles. The van der Waals surface area contributed by atoms with Gasteiger partial charge < -0.3 is 20.1 Å². The molecule has 0 bridgehead atoms. The summed E-state index contributed by atoms with van der Waals surface area (Å²) >= 11 is 1.17. The Hall–Kier alpha value is -2.81. The number of aromatic nitrogens is 1. The van der Waals surface area contributed by atoms with Crippen molar-refractivity contribution < 1.29 is 19.1 Å². The standard InChI is InChI=1S/C14H14N4O4S/c1-2-15-12(19)9-6-23-14(17-9)18-13(20)16-8-3-4-10-11(5-8)22-7-21-10/h3-6H,2,7H2,1H3,(H,15,19)(H2,16,17,18,20). The molecule has 9 heteroatoms. The molecule has 1 aliphatic rings. The van der Waals surface area contributed by atoms with Crippen LogP contribution in [0.15, 0.2) is 23.6 Å². The molecule has 3 rings (SSSR count). The number of ether oxygens (including phenoxy) is 2. The number of hydrogen-bond acceptors (Lipinski definition) is 6. The van der Waals surface area contributed by atoms with E-state index >= 15 is 0 Å². The number of carbonyl (C=O) groups excluding carboxylic acids is 2. The first-order valence-corrected chi connectivity index (χ1v) is 7.75. The Morgan fingerprint density at radius 2 is 2.09 bits per heavy atom. The van der Waals surface area contributed by atoms with Crippen molar-refractivity contribution >= 4 is 34.1 Å². The Morgan fingerprint density at radius 3 is 2.91 bits per heavy atom. The minimum atomic E-state index is -0.458. The van der Waals surface area contributed by atoms with Crippen molar-refractivity contribution in [3.05, 3.63) is 29.3 Å². The maximum absolute atomic E-state index is 12.0. The van der Waals surface area contributed by atoms with Gasteiger partial charge in [-0.25, -0.2) is 9.78 Å². The summed E-state index contributed by atoms with van der Waals surface area (Å²) in [5, 5.41) is 9.81. The van der Waals surface area contributed by atoms with E-state index in [1.54, 1.807) is 23.6 Å². The molecule has 3 amide bonds. The zero-order valence-electron chi connectivity index (χ0n) is 12.2. The van der Waals surface area contributed by atoms with Crippen LogP contribution in [0.3, 0.4) is 0 Å². The molecular weight excluding hydrogens is 320 g/mol. The Morgan fingerprint density at radius 1 is 1.26 bits per heavy atom. The molecule has 1 aromatic carbocycles. The number of nitrogens with zero attached hydrogens (tertiary/aromatic N) is 1. The zero-order valence-corrected chi connectivity index (χ0v) is 13.0. The van der Waals surface area contributed by atoms with Crippen molar-refractivity contribution in [2.45, 2.75) is 6.92 Å². The van der Waals surface area contributed by atoms with Gasteiger partial charge in [-0.3, -0.25) is 10.1 Å². The number of thiazole rings is 1. The normalized spacial score (nSPS) is 11.9. The van der Waals surface area contributed by atoms with Crippen LogP contribution in [0.5, 0.6) is 11.5 Å². The van der Waals surface area contributed by atoms with Crippen molar-refractivity contribution in [1.29, 1.82) is 0 Å². The molecule has 0 aliphatic carbocycles. The average Bonchev–Trinajstić information content (AvgIpc) is 3.15. The third-order valence-electron chi connectivity index (χ3n) is 2.93. The first-order chi connectivity index (χ1) is 11.2. The molecule has 0 atom stereocenters. The number of carbonyl (C=O) groups is 2. The van der Waals surface area contributed by atoms with Crippen LogP contribution in [0.4, 0.5) is 15.6 Å².